The molecule has 0 amide bonds. The number of carbonyl (C=O) groups is 1. The first-order valence-electron chi connectivity index (χ1n) is 6.44. The lowest BCUT2D eigenvalue weighted by Gasteiger charge is -2.06. The van der Waals surface area contributed by atoms with E-state index in [0.29, 0.717) is 17.6 Å². The number of nitrogens with zero attached hydrogens (tertiary/aromatic N) is 2. The Morgan fingerprint density at radius 2 is 1.67 bits per heavy atom. The Morgan fingerprint density at radius 1 is 1.00 bits per heavy atom. The second-order valence-electron chi connectivity index (χ2n) is 4.49. The molecule has 2 rings (SSSR count). The van der Waals surface area contributed by atoms with Gasteiger partial charge in [-0.15, -0.1) is 0 Å². The number of carbonyl (C=O) groups excluding carboxylic acids is 1. The second-order valence-corrected chi connectivity index (χ2v) is 4.92. The predicted molar refractivity (Wildman–Crippen MR) is 86.2 cm³/mol. The molecule has 2 aromatic rings. The number of aldehydes is 1. The molecule has 0 aliphatic rings. The van der Waals surface area contributed by atoms with E-state index in [9.17, 15) is 25.0 Å². The minimum Gasteiger partial charge on any atom is -0.457 e. The summed E-state index contributed by atoms with van der Waals surface area (Å²) in [7, 11) is 0. The quantitative estimate of drug-likeness (QED) is 0.336. The fourth-order valence-electron chi connectivity index (χ4n) is 1.86. The van der Waals surface area contributed by atoms with Crippen LogP contribution in [0, 0.1) is 20.2 Å². The van der Waals surface area contributed by atoms with Crippen LogP contribution < -0.4 is 4.74 Å². The monoisotopic (exact) mass is 348 g/mol. The molecule has 24 heavy (non-hydrogen) atoms. The molecule has 0 unspecified atom stereocenters. The van der Waals surface area contributed by atoms with E-state index in [1.165, 1.54) is 12.1 Å². The Balaban J connectivity index is 2.33. The molecule has 0 fully saturated rings. The Bertz CT molecular complexity index is 850. The maximum atomic E-state index is 10.9. The summed E-state index contributed by atoms with van der Waals surface area (Å²) in [4.78, 5) is 30.5. The largest absolute Gasteiger partial charge is 0.457 e. The van der Waals surface area contributed by atoms with E-state index in [2.05, 4.69) is 0 Å². The minimum absolute atomic E-state index is 0.00174. The predicted octanol–water partition coefficient (Wildman–Crippen LogP) is 4.07. The van der Waals surface area contributed by atoms with Crippen LogP contribution >= 0.6 is 11.6 Å². The van der Waals surface area contributed by atoms with Crippen LogP contribution in [0.3, 0.4) is 0 Å². The maximum absolute atomic E-state index is 10.9. The third kappa shape index (κ3) is 4.14. The van der Waals surface area contributed by atoms with Gasteiger partial charge < -0.3 is 4.74 Å². The smallest absolute Gasteiger partial charge is 0.349 e. The van der Waals surface area contributed by atoms with Crippen molar-refractivity contribution in [2.24, 2.45) is 0 Å². The summed E-state index contributed by atoms with van der Waals surface area (Å²) >= 11 is 5.63. The molecule has 0 radical (unpaired) electrons. The number of nitro benzene ring substituents is 2. The molecule has 0 aliphatic heterocycles. The van der Waals surface area contributed by atoms with Crippen LogP contribution in [-0.4, -0.2) is 16.1 Å². The molecule has 0 heterocycles. The molecule has 0 atom stereocenters. The number of allylic oxidation sites excluding steroid dienone is 1. The number of ether oxygens (including phenoxy) is 1. The lowest BCUT2D eigenvalue weighted by Crippen LogP contribution is -1.97. The summed E-state index contributed by atoms with van der Waals surface area (Å²) in [5.74, 6) is 0.386. The first-order valence-corrected chi connectivity index (χ1v) is 6.81. The van der Waals surface area contributed by atoms with Crippen molar-refractivity contribution in [3.63, 3.8) is 0 Å². The van der Waals surface area contributed by atoms with Crippen LogP contribution in [0.25, 0.3) is 6.08 Å². The van der Waals surface area contributed by atoms with Gasteiger partial charge in [-0.25, -0.2) is 0 Å². The van der Waals surface area contributed by atoms with Crippen LogP contribution in [0.1, 0.15) is 5.56 Å². The fraction of sp³-hybridized carbons (Fsp3) is 0. The van der Waals surface area contributed by atoms with Crippen molar-refractivity contribution in [1.29, 1.82) is 0 Å². The van der Waals surface area contributed by atoms with Crippen molar-refractivity contribution in [3.8, 4) is 11.5 Å². The van der Waals surface area contributed by atoms with Gasteiger partial charge in [-0.2, -0.15) is 0 Å². The van der Waals surface area contributed by atoms with Crippen molar-refractivity contribution in [1.82, 2.24) is 0 Å². The van der Waals surface area contributed by atoms with Crippen LogP contribution in [0.4, 0.5) is 11.4 Å². The highest BCUT2D eigenvalue weighted by molar-refractivity contribution is 6.40. The van der Waals surface area contributed by atoms with E-state index in [1.807, 2.05) is 0 Å². The van der Waals surface area contributed by atoms with E-state index in [-0.39, 0.29) is 10.8 Å². The Kier molecular flexibility index (Phi) is 5.23. The Hall–Kier alpha value is -3.26. The van der Waals surface area contributed by atoms with Gasteiger partial charge >= 0.3 is 11.4 Å². The molecule has 2 aromatic carbocycles. The number of rotatable bonds is 6. The lowest BCUT2D eigenvalue weighted by molar-refractivity contribution is -0.422. The van der Waals surface area contributed by atoms with Crippen LogP contribution in [0.2, 0.25) is 0 Å². The molecule has 9 heteroatoms. The summed E-state index contributed by atoms with van der Waals surface area (Å²) in [6, 6.07) is 9.68. The average Bonchev–Trinajstić information content (AvgIpc) is 2.54. The SMILES string of the molecule is O=CC(Cl)=Cc1cccc(Oc2ccc([N+](=O)[O-])c([N+](=O)[O-])c2)c1. The molecular formula is C15H9ClN2O6. The number of halogens is 1. The topological polar surface area (TPSA) is 113 Å². The average molecular weight is 349 g/mol. The molecule has 0 saturated carbocycles. The van der Waals surface area contributed by atoms with Gasteiger partial charge in [-0.05, 0) is 29.8 Å². The van der Waals surface area contributed by atoms with Crippen molar-refractivity contribution < 1.29 is 19.4 Å². The van der Waals surface area contributed by atoms with Gasteiger partial charge in [0.1, 0.15) is 11.5 Å². The van der Waals surface area contributed by atoms with Gasteiger partial charge in [0.05, 0.1) is 20.9 Å². The highest BCUT2D eigenvalue weighted by atomic mass is 35.5. The number of hydrogen-bond acceptors (Lipinski definition) is 6. The third-order valence-corrected chi connectivity index (χ3v) is 3.05. The standard InChI is InChI=1S/C15H9ClN2O6/c16-11(9-19)6-10-2-1-3-12(7-10)24-13-4-5-14(17(20)21)15(8-13)18(22)23/h1-9H. The molecule has 0 aromatic heterocycles. The molecule has 122 valence electrons. The van der Waals surface area contributed by atoms with Crippen molar-refractivity contribution in [3.05, 3.63) is 73.3 Å². The van der Waals surface area contributed by atoms with E-state index in [0.717, 1.165) is 12.1 Å². The van der Waals surface area contributed by atoms with E-state index < -0.39 is 21.2 Å². The maximum Gasteiger partial charge on any atom is 0.349 e. The minimum atomic E-state index is -0.853. The molecular weight excluding hydrogens is 340 g/mol. The second kappa shape index (κ2) is 7.34. The number of benzene rings is 2. The third-order valence-electron chi connectivity index (χ3n) is 2.85. The van der Waals surface area contributed by atoms with E-state index >= 15 is 0 Å². The lowest BCUT2D eigenvalue weighted by atomic mass is 10.2. The van der Waals surface area contributed by atoms with Gasteiger partial charge in [0.25, 0.3) is 0 Å². The van der Waals surface area contributed by atoms with Gasteiger partial charge in [0, 0.05) is 6.07 Å². The van der Waals surface area contributed by atoms with Gasteiger partial charge in [0.2, 0.25) is 0 Å². The van der Waals surface area contributed by atoms with E-state index in [4.69, 9.17) is 16.3 Å². The normalized spacial score (nSPS) is 11.0. The zero-order valence-corrected chi connectivity index (χ0v) is 12.7. The summed E-state index contributed by atoms with van der Waals surface area (Å²) < 4.78 is 5.47. The summed E-state index contributed by atoms with van der Waals surface area (Å²) in [5.41, 5.74) is -0.708. The first-order chi connectivity index (χ1) is 11.4. The molecule has 0 N–H and O–H groups in total. The Labute approximate surface area is 140 Å². The summed E-state index contributed by atoms with van der Waals surface area (Å²) in [6.45, 7) is 0. The molecule has 0 saturated heterocycles. The van der Waals surface area contributed by atoms with Crippen molar-refractivity contribution >= 4 is 35.3 Å². The highest BCUT2D eigenvalue weighted by Gasteiger charge is 2.24. The molecule has 8 nitrogen and oxygen atoms in total. The van der Waals surface area contributed by atoms with Crippen LogP contribution in [0.5, 0.6) is 11.5 Å². The zero-order chi connectivity index (χ0) is 17.7. The van der Waals surface area contributed by atoms with Crippen molar-refractivity contribution in [2.75, 3.05) is 0 Å². The summed E-state index contributed by atoms with van der Waals surface area (Å²) in [6.07, 6.45) is 1.90. The molecule has 0 aliphatic carbocycles. The Morgan fingerprint density at radius 3 is 2.29 bits per heavy atom. The van der Waals surface area contributed by atoms with Crippen molar-refractivity contribution in [2.45, 2.75) is 0 Å². The first kappa shape index (κ1) is 17.1. The molecule has 0 bridgehead atoms. The fourth-order valence-corrected chi connectivity index (χ4v) is 1.99. The molecule has 0 spiro atoms. The van der Waals surface area contributed by atoms with Gasteiger partial charge in [-0.1, -0.05) is 23.7 Å². The van der Waals surface area contributed by atoms with E-state index in [1.54, 1.807) is 24.3 Å². The van der Waals surface area contributed by atoms with Crippen LogP contribution in [-0.2, 0) is 4.79 Å². The highest BCUT2D eigenvalue weighted by Crippen LogP contribution is 2.33. The van der Waals surface area contributed by atoms with Gasteiger partial charge in [0.15, 0.2) is 6.29 Å². The van der Waals surface area contributed by atoms with Crippen LogP contribution in [0.15, 0.2) is 47.5 Å². The number of nitro groups is 2. The van der Waals surface area contributed by atoms with Gasteiger partial charge in [-0.3, -0.25) is 25.0 Å². The zero-order valence-electron chi connectivity index (χ0n) is 11.9. The summed E-state index contributed by atoms with van der Waals surface area (Å²) in [5, 5.41) is 21.7. The number of hydrogen-bond donors (Lipinski definition) is 0.